The predicted molar refractivity (Wildman–Crippen MR) is 115 cm³/mol. The SMILES string of the molecule is COc1cn(-c2cccc(C(F)(F)F)c2)nc1C(=O)NCCc1cnn(-c2ccccc2)c1. The van der Waals surface area contributed by atoms with Crippen molar-refractivity contribution in [1.29, 1.82) is 0 Å². The second-order valence-electron chi connectivity index (χ2n) is 7.17. The molecule has 0 bridgehead atoms. The Bertz CT molecular complexity index is 1250. The van der Waals surface area contributed by atoms with Crippen LogP contribution in [0.1, 0.15) is 21.6 Å². The average molecular weight is 455 g/mol. The molecule has 2 aromatic heterocycles. The van der Waals surface area contributed by atoms with Crippen LogP contribution >= 0.6 is 0 Å². The molecule has 0 aliphatic heterocycles. The van der Waals surface area contributed by atoms with E-state index in [9.17, 15) is 18.0 Å². The first-order valence-electron chi connectivity index (χ1n) is 10.0. The van der Waals surface area contributed by atoms with Crippen LogP contribution in [0.25, 0.3) is 11.4 Å². The van der Waals surface area contributed by atoms with Gasteiger partial charge in [-0.25, -0.2) is 9.36 Å². The van der Waals surface area contributed by atoms with Crippen molar-refractivity contribution in [2.45, 2.75) is 12.6 Å². The molecule has 4 aromatic rings. The van der Waals surface area contributed by atoms with Gasteiger partial charge in [-0.1, -0.05) is 24.3 Å². The summed E-state index contributed by atoms with van der Waals surface area (Å²) in [5.41, 5.74) is 1.19. The Hall–Kier alpha value is -4.08. The quantitative estimate of drug-likeness (QED) is 0.456. The number of alkyl halides is 3. The van der Waals surface area contributed by atoms with Crippen molar-refractivity contribution < 1.29 is 22.7 Å². The van der Waals surface area contributed by atoms with Crippen LogP contribution < -0.4 is 10.1 Å². The summed E-state index contributed by atoms with van der Waals surface area (Å²) in [6.07, 6.45) is 1.03. The maximum atomic E-state index is 13.0. The molecule has 2 heterocycles. The molecule has 0 unspecified atom stereocenters. The molecule has 0 fully saturated rings. The lowest BCUT2D eigenvalue weighted by Gasteiger charge is -2.08. The Balaban J connectivity index is 1.43. The number of amides is 1. The normalized spacial score (nSPS) is 11.4. The van der Waals surface area contributed by atoms with Gasteiger partial charge in [0.2, 0.25) is 0 Å². The minimum absolute atomic E-state index is 0.0186. The van der Waals surface area contributed by atoms with Crippen molar-refractivity contribution in [2.24, 2.45) is 0 Å². The van der Waals surface area contributed by atoms with Gasteiger partial charge in [0.05, 0.1) is 36.4 Å². The Kier molecular flexibility index (Phi) is 6.16. The molecule has 0 spiro atoms. The van der Waals surface area contributed by atoms with Crippen LogP contribution in [-0.2, 0) is 12.6 Å². The number of benzene rings is 2. The lowest BCUT2D eigenvalue weighted by molar-refractivity contribution is -0.137. The summed E-state index contributed by atoms with van der Waals surface area (Å²) in [6.45, 7) is 0.318. The van der Waals surface area contributed by atoms with E-state index in [1.165, 1.54) is 30.1 Å². The van der Waals surface area contributed by atoms with Crippen LogP contribution in [0.2, 0.25) is 0 Å². The third kappa shape index (κ3) is 5.05. The predicted octanol–water partition coefficient (Wildman–Crippen LogP) is 4.06. The third-order valence-corrected chi connectivity index (χ3v) is 4.91. The lowest BCUT2D eigenvalue weighted by atomic mass is 10.2. The number of rotatable bonds is 7. The van der Waals surface area contributed by atoms with Crippen molar-refractivity contribution in [3.05, 3.63) is 90.0 Å². The van der Waals surface area contributed by atoms with E-state index in [1.807, 2.05) is 36.5 Å². The average Bonchev–Trinajstić information content (AvgIpc) is 3.47. The monoisotopic (exact) mass is 455 g/mol. The van der Waals surface area contributed by atoms with Gasteiger partial charge in [0.1, 0.15) is 0 Å². The van der Waals surface area contributed by atoms with E-state index in [0.29, 0.717) is 13.0 Å². The van der Waals surface area contributed by atoms with Crippen molar-refractivity contribution in [2.75, 3.05) is 13.7 Å². The number of hydrogen-bond acceptors (Lipinski definition) is 4. The molecule has 10 heteroatoms. The van der Waals surface area contributed by atoms with Gasteiger partial charge in [-0.3, -0.25) is 4.79 Å². The van der Waals surface area contributed by atoms with Crippen LogP contribution in [0.15, 0.2) is 73.2 Å². The number of halogens is 3. The largest absolute Gasteiger partial charge is 0.493 e. The van der Waals surface area contributed by atoms with Crippen LogP contribution in [0, 0.1) is 0 Å². The molecule has 0 aliphatic rings. The van der Waals surface area contributed by atoms with Gasteiger partial charge in [-0.05, 0) is 42.3 Å². The molecule has 7 nitrogen and oxygen atoms in total. The molecule has 170 valence electrons. The van der Waals surface area contributed by atoms with E-state index in [2.05, 4.69) is 15.5 Å². The van der Waals surface area contributed by atoms with Gasteiger partial charge in [0.15, 0.2) is 11.4 Å². The Morgan fingerprint density at radius 2 is 1.79 bits per heavy atom. The number of para-hydroxylation sites is 1. The highest BCUT2D eigenvalue weighted by Crippen LogP contribution is 2.30. The second kappa shape index (κ2) is 9.19. The fourth-order valence-electron chi connectivity index (χ4n) is 3.24. The van der Waals surface area contributed by atoms with Crippen molar-refractivity contribution in [3.8, 4) is 17.1 Å². The number of nitrogens with zero attached hydrogens (tertiary/aromatic N) is 4. The molecule has 0 atom stereocenters. The maximum Gasteiger partial charge on any atom is 0.416 e. The van der Waals surface area contributed by atoms with Gasteiger partial charge in [-0.2, -0.15) is 23.4 Å². The fraction of sp³-hybridized carbons (Fsp3) is 0.174. The Morgan fingerprint density at radius 3 is 2.52 bits per heavy atom. The number of hydrogen-bond donors (Lipinski definition) is 1. The highest BCUT2D eigenvalue weighted by molar-refractivity contribution is 5.94. The van der Waals surface area contributed by atoms with Crippen LogP contribution in [0.5, 0.6) is 5.75 Å². The molecule has 2 aromatic carbocycles. The first kappa shape index (κ1) is 22.1. The highest BCUT2D eigenvalue weighted by Gasteiger charge is 2.30. The first-order chi connectivity index (χ1) is 15.8. The van der Waals surface area contributed by atoms with Gasteiger partial charge < -0.3 is 10.1 Å². The van der Waals surface area contributed by atoms with E-state index < -0.39 is 17.6 Å². The standard InChI is InChI=1S/C23H20F3N5O2/c1-33-20-15-31(19-9-5-6-17(12-19)23(24,25)26)29-21(20)22(32)27-11-10-16-13-28-30(14-16)18-7-3-2-4-8-18/h2-9,12-15H,10-11H2,1H3,(H,27,32). The number of ether oxygens (including phenoxy) is 1. The smallest absolute Gasteiger partial charge is 0.416 e. The number of nitrogens with one attached hydrogen (secondary N) is 1. The van der Waals surface area contributed by atoms with E-state index >= 15 is 0 Å². The minimum Gasteiger partial charge on any atom is -0.493 e. The zero-order valence-electron chi connectivity index (χ0n) is 17.6. The van der Waals surface area contributed by atoms with Crippen molar-refractivity contribution >= 4 is 5.91 Å². The zero-order valence-corrected chi connectivity index (χ0v) is 17.6. The molecule has 33 heavy (non-hydrogen) atoms. The molecule has 0 saturated carbocycles. The van der Waals surface area contributed by atoms with Crippen molar-refractivity contribution in [1.82, 2.24) is 24.9 Å². The summed E-state index contributed by atoms with van der Waals surface area (Å²) in [4.78, 5) is 12.6. The van der Waals surface area contributed by atoms with Crippen LogP contribution in [0.3, 0.4) is 0 Å². The third-order valence-electron chi connectivity index (χ3n) is 4.91. The Labute approximate surface area is 187 Å². The van der Waals surface area contributed by atoms with Gasteiger partial charge >= 0.3 is 6.18 Å². The van der Waals surface area contributed by atoms with E-state index in [0.717, 1.165) is 23.4 Å². The van der Waals surface area contributed by atoms with Crippen LogP contribution in [-0.4, -0.2) is 39.1 Å². The molecule has 1 amide bonds. The molecular weight excluding hydrogens is 435 g/mol. The number of carbonyl (C=O) groups is 1. The summed E-state index contributed by atoms with van der Waals surface area (Å²) in [5, 5.41) is 11.2. The first-order valence-corrected chi connectivity index (χ1v) is 10.0. The summed E-state index contributed by atoms with van der Waals surface area (Å²) >= 11 is 0. The van der Waals surface area contributed by atoms with E-state index in [-0.39, 0.29) is 17.1 Å². The molecule has 0 aliphatic carbocycles. The molecular formula is C23H20F3N5O2. The minimum atomic E-state index is -4.48. The van der Waals surface area contributed by atoms with E-state index in [1.54, 1.807) is 10.9 Å². The topological polar surface area (TPSA) is 74.0 Å². The zero-order chi connectivity index (χ0) is 23.4. The number of methoxy groups -OCH3 is 1. The Morgan fingerprint density at radius 1 is 1.03 bits per heavy atom. The highest BCUT2D eigenvalue weighted by atomic mass is 19.4. The van der Waals surface area contributed by atoms with Gasteiger partial charge in [-0.15, -0.1) is 0 Å². The summed E-state index contributed by atoms with van der Waals surface area (Å²) in [5.74, 6) is -0.338. The number of carbonyl (C=O) groups excluding carboxylic acids is 1. The van der Waals surface area contributed by atoms with Crippen LogP contribution in [0.4, 0.5) is 13.2 Å². The molecule has 0 radical (unpaired) electrons. The van der Waals surface area contributed by atoms with Gasteiger partial charge in [0, 0.05) is 12.7 Å². The lowest BCUT2D eigenvalue weighted by Crippen LogP contribution is -2.26. The van der Waals surface area contributed by atoms with E-state index in [4.69, 9.17) is 4.74 Å². The summed E-state index contributed by atoms with van der Waals surface area (Å²) < 4.78 is 47.2. The number of aromatic nitrogens is 4. The summed E-state index contributed by atoms with van der Waals surface area (Å²) in [6, 6.07) is 14.3. The second-order valence-corrected chi connectivity index (χ2v) is 7.17. The molecule has 4 rings (SSSR count). The van der Waals surface area contributed by atoms with Gasteiger partial charge in [0.25, 0.3) is 5.91 Å². The molecule has 1 N–H and O–H groups in total. The summed E-state index contributed by atoms with van der Waals surface area (Å²) in [7, 11) is 1.36. The van der Waals surface area contributed by atoms with Crippen molar-refractivity contribution in [3.63, 3.8) is 0 Å². The molecule has 0 saturated heterocycles. The fourth-order valence-corrected chi connectivity index (χ4v) is 3.24. The maximum absolute atomic E-state index is 13.0.